The number of methoxy groups -OCH3 is 1. The molecule has 0 spiro atoms. The van der Waals surface area contributed by atoms with Crippen molar-refractivity contribution in [3.8, 4) is 5.88 Å². The van der Waals surface area contributed by atoms with Gasteiger partial charge in [0.1, 0.15) is 6.61 Å². The molecule has 0 aliphatic carbocycles. The van der Waals surface area contributed by atoms with Gasteiger partial charge in [-0.1, -0.05) is 29.5 Å². The van der Waals surface area contributed by atoms with E-state index in [-0.39, 0.29) is 5.91 Å². The molecule has 118 valence electrons. The number of carbonyl (C=O) groups excluding carboxylic acids is 1. The molecule has 2 aromatic heterocycles. The number of thiazole rings is 1. The van der Waals surface area contributed by atoms with Crippen LogP contribution in [0.2, 0.25) is 0 Å². The van der Waals surface area contributed by atoms with Crippen molar-refractivity contribution in [2.75, 3.05) is 25.6 Å². The maximum atomic E-state index is 12.1. The van der Waals surface area contributed by atoms with E-state index in [1.807, 2.05) is 24.3 Å². The number of benzene rings is 1. The van der Waals surface area contributed by atoms with Crippen LogP contribution >= 0.6 is 11.3 Å². The zero-order valence-corrected chi connectivity index (χ0v) is 13.3. The first-order valence-corrected chi connectivity index (χ1v) is 7.83. The Morgan fingerprint density at radius 2 is 1.96 bits per heavy atom. The molecule has 2 heterocycles. The van der Waals surface area contributed by atoms with Gasteiger partial charge >= 0.3 is 0 Å². The molecule has 6 nitrogen and oxygen atoms in total. The molecule has 1 aromatic carbocycles. The Labute approximate surface area is 137 Å². The molecular formula is C16H15N3O3S. The van der Waals surface area contributed by atoms with Crippen LogP contribution in [0.15, 0.2) is 42.5 Å². The monoisotopic (exact) mass is 329 g/mol. The Morgan fingerprint density at radius 1 is 1.13 bits per heavy atom. The fourth-order valence-corrected chi connectivity index (χ4v) is 2.73. The third-order valence-electron chi connectivity index (χ3n) is 3.02. The van der Waals surface area contributed by atoms with Gasteiger partial charge in [0, 0.05) is 18.7 Å². The Kier molecular flexibility index (Phi) is 4.80. The van der Waals surface area contributed by atoms with Crippen LogP contribution in [-0.4, -0.2) is 36.2 Å². The summed E-state index contributed by atoms with van der Waals surface area (Å²) in [6.07, 6.45) is 0. The predicted octanol–water partition coefficient (Wildman–Crippen LogP) is 2.97. The number of anilines is 1. The minimum absolute atomic E-state index is 0.193. The number of amides is 1. The van der Waals surface area contributed by atoms with Crippen LogP contribution < -0.4 is 10.1 Å². The lowest BCUT2D eigenvalue weighted by Gasteiger charge is -2.03. The molecular weight excluding hydrogens is 314 g/mol. The zero-order valence-electron chi connectivity index (χ0n) is 12.5. The lowest BCUT2D eigenvalue weighted by Crippen LogP contribution is -2.11. The van der Waals surface area contributed by atoms with Crippen LogP contribution in [-0.2, 0) is 4.74 Å². The van der Waals surface area contributed by atoms with Crippen LogP contribution in [0.5, 0.6) is 5.88 Å². The van der Waals surface area contributed by atoms with Crippen molar-refractivity contribution < 1.29 is 14.3 Å². The van der Waals surface area contributed by atoms with E-state index in [0.717, 1.165) is 4.70 Å². The molecule has 3 aromatic rings. The first-order valence-electron chi connectivity index (χ1n) is 7.02. The molecule has 0 saturated heterocycles. The second kappa shape index (κ2) is 7.17. The molecule has 0 fully saturated rings. The summed E-state index contributed by atoms with van der Waals surface area (Å²) < 4.78 is 11.3. The predicted molar refractivity (Wildman–Crippen MR) is 89.2 cm³/mol. The van der Waals surface area contributed by atoms with Crippen LogP contribution in [0, 0.1) is 0 Å². The smallest absolute Gasteiger partial charge is 0.257 e. The van der Waals surface area contributed by atoms with Crippen LogP contribution in [0.1, 0.15) is 10.4 Å². The summed E-state index contributed by atoms with van der Waals surface area (Å²) in [6.45, 7) is 0.923. The number of nitrogens with one attached hydrogen (secondary N) is 1. The molecule has 0 bridgehead atoms. The molecule has 23 heavy (non-hydrogen) atoms. The van der Waals surface area contributed by atoms with Crippen LogP contribution in [0.3, 0.4) is 0 Å². The van der Waals surface area contributed by atoms with Crippen LogP contribution in [0.25, 0.3) is 10.3 Å². The summed E-state index contributed by atoms with van der Waals surface area (Å²) in [5, 5.41) is 3.30. The number of hydrogen-bond donors (Lipinski definition) is 1. The summed E-state index contributed by atoms with van der Waals surface area (Å²) in [7, 11) is 1.61. The van der Waals surface area contributed by atoms with Gasteiger partial charge in [-0.05, 0) is 18.2 Å². The fraction of sp³-hybridized carbons (Fsp3) is 0.188. The number of aromatic nitrogens is 2. The Balaban J connectivity index is 1.73. The Hall–Kier alpha value is -2.51. The molecule has 0 atom stereocenters. The zero-order chi connectivity index (χ0) is 16.1. The van der Waals surface area contributed by atoms with Crippen molar-refractivity contribution in [1.82, 2.24) is 9.97 Å². The largest absolute Gasteiger partial charge is 0.475 e. The lowest BCUT2D eigenvalue weighted by molar-refractivity contribution is 0.102. The van der Waals surface area contributed by atoms with Crippen molar-refractivity contribution in [1.29, 1.82) is 0 Å². The molecule has 1 amide bonds. The van der Waals surface area contributed by atoms with E-state index >= 15 is 0 Å². The van der Waals surface area contributed by atoms with E-state index < -0.39 is 0 Å². The van der Waals surface area contributed by atoms with E-state index in [4.69, 9.17) is 9.47 Å². The van der Waals surface area contributed by atoms with Crippen molar-refractivity contribution in [2.24, 2.45) is 0 Å². The van der Waals surface area contributed by atoms with Crippen molar-refractivity contribution in [2.45, 2.75) is 0 Å². The van der Waals surface area contributed by atoms with Gasteiger partial charge < -0.3 is 9.47 Å². The van der Waals surface area contributed by atoms with E-state index in [1.54, 1.807) is 25.3 Å². The quantitative estimate of drug-likeness (QED) is 0.704. The minimum Gasteiger partial charge on any atom is -0.475 e. The second-order valence-corrected chi connectivity index (χ2v) is 5.68. The maximum absolute atomic E-state index is 12.1. The van der Waals surface area contributed by atoms with Gasteiger partial charge in [0.05, 0.1) is 11.3 Å². The fourth-order valence-electron chi connectivity index (χ4n) is 1.92. The van der Waals surface area contributed by atoms with E-state index in [0.29, 0.717) is 35.4 Å². The van der Waals surface area contributed by atoms with E-state index in [9.17, 15) is 4.79 Å². The van der Waals surface area contributed by atoms with Gasteiger partial charge in [-0.25, -0.2) is 0 Å². The molecule has 3 rings (SSSR count). The normalized spacial score (nSPS) is 10.7. The highest BCUT2D eigenvalue weighted by Gasteiger charge is 2.11. The number of carbonyl (C=O) groups is 1. The summed E-state index contributed by atoms with van der Waals surface area (Å²) in [6, 6.07) is 12.7. The average molecular weight is 329 g/mol. The number of hydrogen-bond acceptors (Lipinski definition) is 6. The minimum atomic E-state index is -0.193. The van der Waals surface area contributed by atoms with E-state index in [2.05, 4.69) is 15.3 Å². The highest BCUT2D eigenvalue weighted by molar-refractivity contribution is 7.22. The van der Waals surface area contributed by atoms with Gasteiger partial charge in [-0.2, -0.15) is 9.97 Å². The van der Waals surface area contributed by atoms with Gasteiger partial charge in [-0.3, -0.25) is 10.1 Å². The van der Waals surface area contributed by atoms with Crippen molar-refractivity contribution >= 4 is 32.7 Å². The van der Waals surface area contributed by atoms with Gasteiger partial charge in [-0.15, -0.1) is 0 Å². The van der Waals surface area contributed by atoms with Gasteiger partial charge in [0.15, 0.2) is 10.8 Å². The molecule has 0 radical (unpaired) electrons. The number of fused-ring (bicyclic) bond motifs is 1. The van der Waals surface area contributed by atoms with Gasteiger partial charge in [0.25, 0.3) is 5.91 Å². The Morgan fingerprint density at radius 3 is 2.74 bits per heavy atom. The highest BCUT2D eigenvalue weighted by atomic mass is 32.1. The summed E-state index contributed by atoms with van der Waals surface area (Å²) >= 11 is 1.37. The van der Waals surface area contributed by atoms with Crippen LogP contribution in [0.4, 0.5) is 5.13 Å². The highest BCUT2D eigenvalue weighted by Crippen LogP contribution is 2.26. The molecule has 7 heteroatoms. The maximum Gasteiger partial charge on any atom is 0.257 e. The van der Waals surface area contributed by atoms with Crippen molar-refractivity contribution in [3.05, 3.63) is 48.0 Å². The summed E-state index contributed by atoms with van der Waals surface area (Å²) in [5.41, 5.74) is 1.14. The first-order chi connectivity index (χ1) is 11.3. The number of ether oxygens (including phenoxy) is 2. The molecule has 0 saturated carbocycles. The molecule has 0 aliphatic rings. The lowest BCUT2D eigenvalue weighted by atomic mass is 10.2. The number of pyridine rings is 1. The average Bonchev–Trinajstić information content (AvgIpc) is 2.97. The Bertz CT molecular complexity index is 805. The topological polar surface area (TPSA) is 73.3 Å². The SMILES string of the molecule is COCCOc1ccc2sc(NC(=O)c3ccccc3)nc2n1. The third-order valence-corrected chi connectivity index (χ3v) is 3.95. The molecule has 0 unspecified atom stereocenters. The second-order valence-electron chi connectivity index (χ2n) is 4.65. The summed E-state index contributed by atoms with van der Waals surface area (Å²) in [4.78, 5) is 20.8. The first kappa shape index (κ1) is 15.4. The van der Waals surface area contributed by atoms with Crippen molar-refractivity contribution in [3.63, 3.8) is 0 Å². The standard InChI is InChI=1S/C16H15N3O3S/c1-21-9-10-22-13-8-7-12-14(17-13)18-16(23-12)19-15(20)11-5-3-2-4-6-11/h2-8H,9-10H2,1H3,(H,17,18,19,20). The molecule has 1 N–H and O–H groups in total. The summed E-state index contributed by atoms with van der Waals surface area (Å²) in [5.74, 6) is 0.294. The van der Waals surface area contributed by atoms with Gasteiger partial charge in [0.2, 0.25) is 5.88 Å². The van der Waals surface area contributed by atoms with E-state index in [1.165, 1.54) is 11.3 Å². The number of nitrogens with zero attached hydrogens (tertiary/aromatic N) is 2. The number of rotatable bonds is 6. The third kappa shape index (κ3) is 3.82. The molecule has 0 aliphatic heterocycles.